The molecule has 1 aromatic carbocycles. The number of rotatable bonds is 5. The molecule has 0 radical (unpaired) electrons. The van der Waals surface area contributed by atoms with Crippen molar-refractivity contribution < 1.29 is 27.4 Å². The lowest BCUT2D eigenvalue weighted by atomic mass is 10.1. The monoisotopic (exact) mass is 469 g/mol. The topological polar surface area (TPSA) is 88.6 Å². The summed E-state index contributed by atoms with van der Waals surface area (Å²) in [6.45, 7) is 10.5. The highest BCUT2D eigenvalue weighted by Gasteiger charge is 2.32. The van der Waals surface area contributed by atoms with Crippen molar-refractivity contribution in [2.24, 2.45) is 0 Å². The first-order valence-electron chi connectivity index (χ1n) is 11.0. The van der Waals surface area contributed by atoms with Crippen LogP contribution in [0.1, 0.15) is 37.6 Å². The maximum absolute atomic E-state index is 13.6. The highest BCUT2D eigenvalue weighted by atomic mass is 32.2. The number of carbonyl (C=O) groups excluding carboxylic acids is 1. The first-order chi connectivity index (χ1) is 15.1. The Labute approximate surface area is 191 Å². The molecule has 180 valence electrons. The number of amides is 1. The van der Waals surface area contributed by atoms with Crippen LogP contribution in [-0.4, -0.2) is 101 Å². The van der Waals surface area contributed by atoms with Crippen LogP contribution in [0, 0.1) is 0 Å². The van der Waals surface area contributed by atoms with Crippen molar-refractivity contribution in [1.29, 1.82) is 0 Å². The molecule has 3 rings (SSSR count). The van der Waals surface area contributed by atoms with E-state index in [1.165, 1.54) is 30.7 Å². The Hall–Kier alpha value is -1.88. The first-order valence-corrected chi connectivity index (χ1v) is 12.4. The summed E-state index contributed by atoms with van der Waals surface area (Å²) in [6.07, 6.45) is 0.841. The van der Waals surface area contributed by atoms with Crippen LogP contribution in [0.25, 0.3) is 0 Å². The molecule has 9 nitrogen and oxygen atoms in total. The van der Waals surface area contributed by atoms with Gasteiger partial charge in [0.05, 0.1) is 37.9 Å². The summed E-state index contributed by atoms with van der Waals surface area (Å²) in [5, 5.41) is 0. The van der Waals surface area contributed by atoms with Crippen molar-refractivity contribution >= 4 is 15.9 Å². The second-order valence-electron chi connectivity index (χ2n) is 9.03. The van der Waals surface area contributed by atoms with E-state index in [2.05, 4.69) is 25.7 Å². The third-order valence-corrected chi connectivity index (χ3v) is 7.90. The molecular weight excluding hydrogens is 434 g/mol. The summed E-state index contributed by atoms with van der Waals surface area (Å²) >= 11 is 0. The molecule has 2 heterocycles. The minimum Gasteiger partial charge on any atom is -0.493 e. The van der Waals surface area contributed by atoms with Gasteiger partial charge in [-0.2, -0.15) is 4.31 Å². The van der Waals surface area contributed by atoms with Gasteiger partial charge >= 0.3 is 0 Å². The summed E-state index contributed by atoms with van der Waals surface area (Å²) in [4.78, 5) is 17.7. The fourth-order valence-electron chi connectivity index (χ4n) is 4.14. The Kier molecular flexibility index (Phi) is 7.69. The number of sulfonamides is 1. The summed E-state index contributed by atoms with van der Waals surface area (Å²) in [6, 6.07) is 2.84. The van der Waals surface area contributed by atoms with Crippen LogP contribution in [-0.2, 0) is 14.8 Å². The van der Waals surface area contributed by atoms with E-state index in [1.54, 1.807) is 4.90 Å². The molecule has 0 bridgehead atoms. The van der Waals surface area contributed by atoms with Crippen LogP contribution in [0.5, 0.6) is 11.5 Å². The molecule has 0 spiro atoms. The standard InChI is InChI=1S/C22H35N3O6S/c1-22(2,3)24-8-6-7-23(9-10-24)21(26)18-15-17(16-19(29-4)20(18)30-5)32(27,28)25-11-13-31-14-12-25/h15-16H,6-14H2,1-5H3. The Morgan fingerprint density at radius 3 is 2.25 bits per heavy atom. The molecule has 0 atom stereocenters. The van der Waals surface area contributed by atoms with E-state index in [-0.39, 0.29) is 46.5 Å². The van der Waals surface area contributed by atoms with Gasteiger partial charge in [0.2, 0.25) is 10.0 Å². The van der Waals surface area contributed by atoms with E-state index in [4.69, 9.17) is 14.2 Å². The lowest BCUT2D eigenvalue weighted by molar-refractivity contribution is 0.0729. The molecule has 32 heavy (non-hydrogen) atoms. The first kappa shape index (κ1) is 24.8. The lowest BCUT2D eigenvalue weighted by Crippen LogP contribution is -2.44. The lowest BCUT2D eigenvalue weighted by Gasteiger charge is -2.34. The fourth-order valence-corrected chi connectivity index (χ4v) is 5.60. The van der Waals surface area contributed by atoms with E-state index in [9.17, 15) is 13.2 Å². The number of morpholine rings is 1. The molecule has 2 saturated heterocycles. The predicted octanol–water partition coefficient (Wildman–Crippen LogP) is 1.67. The second-order valence-corrected chi connectivity index (χ2v) is 11.0. The van der Waals surface area contributed by atoms with Crippen LogP contribution in [0.15, 0.2) is 17.0 Å². The summed E-state index contributed by atoms with van der Waals surface area (Å²) in [5.74, 6) is 0.210. The van der Waals surface area contributed by atoms with Gasteiger partial charge in [0, 0.05) is 50.9 Å². The third kappa shape index (κ3) is 5.19. The van der Waals surface area contributed by atoms with Gasteiger partial charge in [-0.05, 0) is 33.3 Å². The largest absolute Gasteiger partial charge is 0.493 e. The number of carbonyl (C=O) groups is 1. The van der Waals surface area contributed by atoms with Crippen LogP contribution in [0.2, 0.25) is 0 Å². The molecule has 1 amide bonds. The van der Waals surface area contributed by atoms with Gasteiger partial charge in [-0.1, -0.05) is 0 Å². The molecule has 2 aliphatic rings. The molecule has 0 aromatic heterocycles. The molecular formula is C22H35N3O6S. The van der Waals surface area contributed by atoms with Crippen LogP contribution in [0.3, 0.4) is 0 Å². The van der Waals surface area contributed by atoms with Gasteiger partial charge < -0.3 is 19.1 Å². The highest BCUT2D eigenvalue weighted by Crippen LogP contribution is 2.36. The molecule has 10 heteroatoms. The fraction of sp³-hybridized carbons (Fsp3) is 0.682. The van der Waals surface area contributed by atoms with E-state index in [0.29, 0.717) is 26.3 Å². The molecule has 2 aliphatic heterocycles. The van der Waals surface area contributed by atoms with Gasteiger partial charge in [0.15, 0.2) is 11.5 Å². The number of hydrogen-bond donors (Lipinski definition) is 0. The Balaban J connectivity index is 1.96. The smallest absolute Gasteiger partial charge is 0.257 e. The molecule has 2 fully saturated rings. The summed E-state index contributed by atoms with van der Waals surface area (Å²) < 4.78 is 44.1. The predicted molar refractivity (Wildman–Crippen MR) is 121 cm³/mol. The van der Waals surface area contributed by atoms with Crippen molar-refractivity contribution in [3.05, 3.63) is 17.7 Å². The maximum Gasteiger partial charge on any atom is 0.257 e. The molecule has 0 N–H and O–H groups in total. The zero-order chi connectivity index (χ0) is 23.5. The SMILES string of the molecule is COc1cc(S(=O)(=O)N2CCOCC2)cc(C(=O)N2CCCN(C(C)(C)C)CC2)c1OC. The zero-order valence-electron chi connectivity index (χ0n) is 19.7. The Morgan fingerprint density at radius 2 is 1.66 bits per heavy atom. The summed E-state index contributed by atoms with van der Waals surface area (Å²) in [5.41, 5.74) is 0.217. The van der Waals surface area contributed by atoms with Crippen molar-refractivity contribution in [2.45, 2.75) is 37.6 Å². The van der Waals surface area contributed by atoms with Crippen molar-refractivity contribution in [3.63, 3.8) is 0 Å². The Bertz CT molecular complexity index is 922. The van der Waals surface area contributed by atoms with Crippen molar-refractivity contribution in [1.82, 2.24) is 14.1 Å². The van der Waals surface area contributed by atoms with E-state index < -0.39 is 10.0 Å². The maximum atomic E-state index is 13.6. The average Bonchev–Trinajstić information content (AvgIpc) is 3.04. The van der Waals surface area contributed by atoms with Gasteiger partial charge in [0.25, 0.3) is 5.91 Å². The van der Waals surface area contributed by atoms with E-state index >= 15 is 0 Å². The number of methoxy groups -OCH3 is 2. The zero-order valence-corrected chi connectivity index (χ0v) is 20.5. The number of ether oxygens (including phenoxy) is 3. The Morgan fingerprint density at radius 1 is 0.969 bits per heavy atom. The molecule has 1 aromatic rings. The van der Waals surface area contributed by atoms with Crippen molar-refractivity contribution in [3.8, 4) is 11.5 Å². The van der Waals surface area contributed by atoms with Gasteiger partial charge in [0.1, 0.15) is 0 Å². The number of hydrogen-bond acceptors (Lipinski definition) is 7. The van der Waals surface area contributed by atoms with Crippen LogP contribution < -0.4 is 9.47 Å². The van der Waals surface area contributed by atoms with Crippen molar-refractivity contribution in [2.75, 3.05) is 66.7 Å². The number of nitrogens with zero attached hydrogens (tertiary/aromatic N) is 3. The van der Waals surface area contributed by atoms with Crippen LogP contribution in [0.4, 0.5) is 0 Å². The van der Waals surface area contributed by atoms with Gasteiger partial charge in [-0.3, -0.25) is 9.69 Å². The second kappa shape index (κ2) is 9.94. The minimum atomic E-state index is -3.80. The molecule has 0 unspecified atom stereocenters. The minimum absolute atomic E-state index is 0.0199. The molecule has 0 saturated carbocycles. The van der Waals surface area contributed by atoms with Gasteiger partial charge in [-0.25, -0.2) is 8.42 Å². The average molecular weight is 470 g/mol. The normalized spacial score (nSPS) is 19.5. The highest BCUT2D eigenvalue weighted by molar-refractivity contribution is 7.89. The van der Waals surface area contributed by atoms with Crippen LogP contribution >= 0.6 is 0 Å². The van der Waals surface area contributed by atoms with E-state index in [0.717, 1.165) is 19.5 Å². The van der Waals surface area contributed by atoms with Gasteiger partial charge in [-0.15, -0.1) is 0 Å². The summed E-state index contributed by atoms with van der Waals surface area (Å²) in [7, 11) is -0.915. The third-order valence-electron chi connectivity index (χ3n) is 6.02. The molecule has 0 aliphatic carbocycles. The number of benzene rings is 1. The quantitative estimate of drug-likeness (QED) is 0.648. The van der Waals surface area contributed by atoms with E-state index in [1.807, 2.05) is 0 Å².